The molecule has 0 spiro atoms. The van der Waals surface area contributed by atoms with Crippen molar-refractivity contribution < 1.29 is 9.90 Å². The zero-order valence-corrected chi connectivity index (χ0v) is 8.91. The second-order valence-electron chi connectivity index (χ2n) is 2.38. The minimum Gasteiger partial charge on any atom is -0.478 e. The van der Waals surface area contributed by atoms with Crippen molar-refractivity contribution in [3.63, 3.8) is 0 Å². The van der Waals surface area contributed by atoms with Gasteiger partial charge in [-0.1, -0.05) is 40.7 Å². The van der Waals surface area contributed by atoms with E-state index in [1.54, 1.807) is 0 Å². The van der Waals surface area contributed by atoms with E-state index in [0.29, 0.717) is 0 Å². The van der Waals surface area contributed by atoms with E-state index in [4.69, 9.17) is 5.11 Å². The Morgan fingerprint density at radius 1 is 1.38 bits per heavy atom. The summed E-state index contributed by atoms with van der Waals surface area (Å²) in [5, 5.41) is 7.89. The number of carboxylic acids is 1. The largest absolute Gasteiger partial charge is 0.478 e. The summed E-state index contributed by atoms with van der Waals surface area (Å²) >= 11 is 3.31. The van der Waals surface area contributed by atoms with Crippen LogP contribution in [-0.2, 0) is 4.79 Å². The van der Waals surface area contributed by atoms with Crippen molar-refractivity contribution in [3.05, 3.63) is 47.0 Å². The van der Waals surface area contributed by atoms with Gasteiger partial charge in [-0.2, -0.15) is 0 Å². The van der Waals surface area contributed by atoms with Gasteiger partial charge >= 0.3 is 5.97 Å². The third kappa shape index (κ3) is 7.28. The van der Waals surface area contributed by atoms with Crippen molar-refractivity contribution in [2.24, 2.45) is 0 Å². The molecule has 0 aliphatic rings. The molecule has 0 amide bonds. The number of hydrogen-bond donors (Lipinski definition) is 1. The number of hydrogen-bond acceptors (Lipinski definition) is 1. The van der Waals surface area contributed by atoms with Crippen LogP contribution in [0.3, 0.4) is 0 Å². The second-order valence-corrected chi connectivity index (χ2v) is 3.30. The van der Waals surface area contributed by atoms with E-state index in [-0.39, 0.29) is 5.57 Å². The van der Waals surface area contributed by atoms with E-state index in [1.807, 2.05) is 30.3 Å². The van der Waals surface area contributed by atoms with Crippen LogP contribution in [0, 0.1) is 0 Å². The Kier molecular flexibility index (Phi) is 5.89. The maximum atomic E-state index is 9.60. The first kappa shape index (κ1) is 11.9. The number of benzene rings is 1. The third-order valence-electron chi connectivity index (χ3n) is 1.10. The molecule has 0 radical (unpaired) electrons. The van der Waals surface area contributed by atoms with Crippen molar-refractivity contribution in [2.75, 3.05) is 0 Å². The molecule has 1 aromatic carbocycles. The Labute approximate surface area is 86.0 Å². The van der Waals surface area contributed by atoms with Gasteiger partial charge in [-0.25, -0.2) is 4.79 Å². The van der Waals surface area contributed by atoms with Crippen LogP contribution >= 0.6 is 15.9 Å². The summed E-state index contributed by atoms with van der Waals surface area (Å²) in [6.07, 6.45) is 0. The molecule has 0 heterocycles. The monoisotopic (exact) mass is 242 g/mol. The normalized spacial score (nSPS) is 8.15. The minimum atomic E-state index is -0.935. The Morgan fingerprint density at radius 2 is 1.77 bits per heavy atom. The lowest BCUT2D eigenvalue weighted by Gasteiger charge is -1.80. The van der Waals surface area contributed by atoms with Crippen LogP contribution in [0.5, 0.6) is 0 Å². The molecule has 2 nitrogen and oxygen atoms in total. The summed E-state index contributed by atoms with van der Waals surface area (Å²) in [6.45, 7) is 4.60. The van der Waals surface area contributed by atoms with Crippen molar-refractivity contribution in [3.8, 4) is 0 Å². The molecule has 0 unspecified atom stereocenters. The summed E-state index contributed by atoms with van der Waals surface area (Å²) in [4.78, 5) is 9.60. The maximum Gasteiger partial charge on any atom is 0.330 e. The molecule has 1 rings (SSSR count). The molecule has 1 N–H and O–H groups in total. The number of carbonyl (C=O) groups is 1. The van der Waals surface area contributed by atoms with Gasteiger partial charge in [0, 0.05) is 10.0 Å². The van der Waals surface area contributed by atoms with Crippen molar-refractivity contribution in [1.82, 2.24) is 0 Å². The second kappa shape index (κ2) is 6.43. The lowest BCUT2D eigenvalue weighted by Crippen LogP contribution is -1.92. The lowest BCUT2D eigenvalue weighted by atomic mass is 10.4. The summed E-state index contributed by atoms with van der Waals surface area (Å²) < 4.78 is 1.13. The van der Waals surface area contributed by atoms with Gasteiger partial charge in [-0.3, -0.25) is 0 Å². The van der Waals surface area contributed by atoms with Crippen LogP contribution in [0.15, 0.2) is 47.0 Å². The van der Waals surface area contributed by atoms with E-state index in [9.17, 15) is 4.79 Å². The summed E-state index contributed by atoms with van der Waals surface area (Å²) in [6, 6.07) is 9.97. The molecule has 0 fully saturated rings. The van der Waals surface area contributed by atoms with Crippen LogP contribution < -0.4 is 0 Å². The van der Waals surface area contributed by atoms with Crippen LogP contribution in [-0.4, -0.2) is 11.1 Å². The highest BCUT2D eigenvalue weighted by atomic mass is 79.9. The lowest BCUT2D eigenvalue weighted by molar-refractivity contribution is -0.132. The minimum absolute atomic E-state index is 0.176. The Balaban J connectivity index is 0.000000226. The SMILES string of the molecule is Brc1ccccc1.C=C(C)C(=O)O. The van der Waals surface area contributed by atoms with Crippen molar-refractivity contribution in [2.45, 2.75) is 6.92 Å². The van der Waals surface area contributed by atoms with Crippen LogP contribution in [0.25, 0.3) is 0 Å². The Bertz CT molecular complexity index is 268. The van der Waals surface area contributed by atoms with Crippen molar-refractivity contribution >= 4 is 21.9 Å². The number of carboxylic acid groups (broad SMARTS) is 1. The highest BCUT2D eigenvalue weighted by molar-refractivity contribution is 9.10. The highest BCUT2D eigenvalue weighted by Gasteiger charge is 1.90. The zero-order chi connectivity index (χ0) is 10.3. The van der Waals surface area contributed by atoms with Crippen LogP contribution in [0.4, 0.5) is 0 Å². The van der Waals surface area contributed by atoms with E-state index < -0.39 is 5.97 Å². The Morgan fingerprint density at radius 3 is 1.92 bits per heavy atom. The van der Waals surface area contributed by atoms with E-state index in [1.165, 1.54) is 6.92 Å². The molecule has 70 valence electrons. The van der Waals surface area contributed by atoms with Gasteiger partial charge < -0.3 is 5.11 Å². The molecule has 0 aromatic heterocycles. The highest BCUT2D eigenvalue weighted by Crippen LogP contribution is 2.05. The third-order valence-corrected chi connectivity index (χ3v) is 1.63. The molecule has 1 aromatic rings. The predicted octanol–water partition coefficient (Wildman–Crippen LogP) is 3.10. The number of halogens is 1. The molecular formula is C10H11BrO2. The standard InChI is InChI=1S/C6H5Br.C4H6O2/c7-6-4-2-1-3-5-6;1-3(2)4(5)6/h1-5H;1H2,2H3,(H,5,6). The summed E-state index contributed by atoms with van der Waals surface area (Å²) in [5.41, 5.74) is 0.176. The van der Waals surface area contributed by atoms with E-state index in [2.05, 4.69) is 22.5 Å². The van der Waals surface area contributed by atoms with Crippen molar-refractivity contribution in [1.29, 1.82) is 0 Å². The fourth-order valence-corrected chi connectivity index (χ4v) is 0.720. The zero-order valence-electron chi connectivity index (χ0n) is 7.33. The van der Waals surface area contributed by atoms with Gasteiger partial charge in [0.1, 0.15) is 0 Å². The van der Waals surface area contributed by atoms with Gasteiger partial charge in [-0.15, -0.1) is 0 Å². The molecule has 0 atom stereocenters. The van der Waals surface area contributed by atoms with Gasteiger partial charge in [0.2, 0.25) is 0 Å². The first-order valence-electron chi connectivity index (χ1n) is 3.63. The van der Waals surface area contributed by atoms with Gasteiger partial charge in [0.15, 0.2) is 0 Å². The number of aliphatic carboxylic acids is 1. The van der Waals surface area contributed by atoms with Gasteiger partial charge in [0.25, 0.3) is 0 Å². The van der Waals surface area contributed by atoms with E-state index >= 15 is 0 Å². The topological polar surface area (TPSA) is 37.3 Å². The maximum absolute atomic E-state index is 9.60. The molecular weight excluding hydrogens is 232 g/mol. The molecule has 0 bridgehead atoms. The summed E-state index contributed by atoms with van der Waals surface area (Å²) in [5.74, 6) is -0.935. The van der Waals surface area contributed by atoms with Gasteiger partial charge in [-0.05, 0) is 19.1 Å². The van der Waals surface area contributed by atoms with E-state index in [0.717, 1.165) is 4.47 Å². The fourth-order valence-electron chi connectivity index (χ4n) is 0.415. The average Bonchev–Trinajstić information content (AvgIpc) is 2.06. The summed E-state index contributed by atoms with van der Waals surface area (Å²) in [7, 11) is 0. The fraction of sp³-hybridized carbons (Fsp3) is 0.100. The predicted molar refractivity (Wildman–Crippen MR) is 56.6 cm³/mol. The smallest absolute Gasteiger partial charge is 0.330 e. The molecule has 13 heavy (non-hydrogen) atoms. The number of rotatable bonds is 1. The first-order valence-corrected chi connectivity index (χ1v) is 4.42. The molecule has 3 heteroatoms. The average molecular weight is 243 g/mol. The molecule has 0 saturated heterocycles. The Hall–Kier alpha value is -1.09. The first-order chi connectivity index (χ1) is 6.04. The molecule has 0 saturated carbocycles. The molecule has 0 aliphatic carbocycles. The van der Waals surface area contributed by atoms with Crippen LogP contribution in [0.1, 0.15) is 6.92 Å². The van der Waals surface area contributed by atoms with Gasteiger partial charge in [0.05, 0.1) is 0 Å². The molecule has 0 aliphatic heterocycles. The van der Waals surface area contributed by atoms with Crippen LogP contribution in [0.2, 0.25) is 0 Å². The quantitative estimate of drug-likeness (QED) is 0.769.